The lowest BCUT2D eigenvalue weighted by Crippen LogP contribution is -2.00. The normalized spacial score (nSPS) is 14.3. The summed E-state index contributed by atoms with van der Waals surface area (Å²) in [6, 6.07) is 1.96. The molecule has 0 aromatic carbocycles. The number of pyridine rings is 1. The van der Waals surface area contributed by atoms with E-state index in [1.54, 1.807) is 0 Å². The summed E-state index contributed by atoms with van der Waals surface area (Å²) in [5.41, 5.74) is 8.64. The van der Waals surface area contributed by atoms with E-state index in [2.05, 4.69) is 4.98 Å². The van der Waals surface area contributed by atoms with E-state index in [4.69, 9.17) is 17.3 Å². The second kappa shape index (κ2) is 2.88. The summed E-state index contributed by atoms with van der Waals surface area (Å²) in [5.74, 6) is 0. The summed E-state index contributed by atoms with van der Waals surface area (Å²) in [6.07, 6.45) is 4.74. The summed E-state index contributed by atoms with van der Waals surface area (Å²) in [4.78, 5) is 4.19. The molecule has 1 heterocycles. The quantitative estimate of drug-likeness (QED) is 0.714. The summed E-state index contributed by atoms with van der Waals surface area (Å²) < 4.78 is 0. The SMILES string of the molecule is NCc1cc2c(cn1)CC=C2Cl. The maximum atomic E-state index is 5.96. The molecule has 2 rings (SSSR count). The van der Waals surface area contributed by atoms with Crippen molar-refractivity contribution in [2.75, 3.05) is 0 Å². The number of halogens is 1. The monoisotopic (exact) mass is 180 g/mol. The summed E-state index contributed by atoms with van der Waals surface area (Å²) >= 11 is 5.96. The van der Waals surface area contributed by atoms with Gasteiger partial charge in [-0.05, 0) is 23.6 Å². The van der Waals surface area contributed by atoms with Gasteiger partial charge in [0.25, 0.3) is 0 Å². The van der Waals surface area contributed by atoms with Crippen LogP contribution in [0.15, 0.2) is 18.3 Å². The molecule has 0 unspecified atom stereocenters. The first-order valence-electron chi connectivity index (χ1n) is 3.85. The number of hydrogen-bond donors (Lipinski definition) is 1. The molecule has 0 saturated heterocycles. The van der Waals surface area contributed by atoms with Crippen LogP contribution < -0.4 is 5.73 Å². The first-order valence-corrected chi connectivity index (χ1v) is 4.23. The molecule has 0 spiro atoms. The zero-order valence-corrected chi connectivity index (χ0v) is 7.30. The van der Waals surface area contributed by atoms with E-state index < -0.39 is 0 Å². The highest BCUT2D eigenvalue weighted by Gasteiger charge is 2.12. The van der Waals surface area contributed by atoms with Crippen molar-refractivity contribution in [3.8, 4) is 0 Å². The summed E-state index contributed by atoms with van der Waals surface area (Å²) in [7, 11) is 0. The highest BCUT2D eigenvalue weighted by Crippen LogP contribution is 2.29. The highest BCUT2D eigenvalue weighted by molar-refractivity contribution is 6.49. The molecular weight excluding hydrogens is 172 g/mol. The first-order chi connectivity index (χ1) is 5.81. The average molecular weight is 181 g/mol. The average Bonchev–Trinajstić information content (AvgIpc) is 2.47. The minimum Gasteiger partial charge on any atom is -0.325 e. The van der Waals surface area contributed by atoms with Gasteiger partial charge in [0.2, 0.25) is 0 Å². The molecule has 3 heteroatoms. The molecule has 1 aliphatic carbocycles. The Morgan fingerprint density at radius 1 is 1.58 bits per heavy atom. The Labute approximate surface area is 76.1 Å². The fourth-order valence-electron chi connectivity index (χ4n) is 1.33. The van der Waals surface area contributed by atoms with Crippen molar-refractivity contribution in [2.45, 2.75) is 13.0 Å². The Morgan fingerprint density at radius 2 is 2.42 bits per heavy atom. The number of allylic oxidation sites excluding steroid dienone is 1. The van der Waals surface area contributed by atoms with Gasteiger partial charge in [0, 0.05) is 17.8 Å². The predicted octanol–water partition coefficient (Wildman–Crippen LogP) is 1.68. The van der Waals surface area contributed by atoms with Gasteiger partial charge in [0.15, 0.2) is 0 Å². The lowest BCUT2D eigenvalue weighted by molar-refractivity contribution is 0.980. The fourth-order valence-corrected chi connectivity index (χ4v) is 1.59. The third kappa shape index (κ3) is 1.13. The third-order valence-electron chi connectivity index (χ3n) is 2.01. The molecule has 0 aliphatic heterocycles. The fraction of sp³-hybridized carbons (Fsp3) is 0.222. The van der Waals surface area contributed by atoms with Crippen LogP contribution in [-0.2, 0) is 13.0 Å². The Kier molecular flexibility index (Phi) is 1.87. The van der Waals surface area contributed by atoms with E-state index in [1.807, 2.05) is 18.3 Å². The molecule has 12 heavy (non-hydrogen) atoms. The lowest BCUT2D eigenvalue weighted by Gasteiger charge is -2.01. The van der Waals surface area contributed by atoms with Gasteiger partial charge in [-0.15, -0.1) is 0 Å². The number of nitrogens with two attached hydrogens (primary N) is 1. The van der Waals surface area contributed by atoms with E-state index in [1.165, 1.54) is 5.56 Å². The number of fused-ring (bicyclic) bond motifs is 1. The van der Waals surface area contributed by atoms with Gasteiger partial charge in [-0.2, -0.15) is 0 Å². The minimum atomic E-state index is 0.470. The molecule has 1 aliphatic rings. The Bertz CT molecular complexity index is 344. The van der Waals surface area contributed by atoms with Crippen LogP contribution in [0.4, 0.5) is 0 Å². The Morgan fingerprint density at radius 3 is 3.17 bits per heavy atom. The van der Waals surface area contributed by atoms with Gasteiger partial charge in [-0.1, -0.05) is 17.7 Å². The molecule has 1 aromatic heterocycles. The van der Waals surface area contributed by atoms with Crippen LogP contribution in [0.1, 0.15) is 16.8 Å². The molecule has 1 aromatic rings. The van der Waals surface area contributed by atoms with E-state index in [0.29, 0.717) is 6.54 Å². The van der Waals surface area contributed by atoms with Crippen LogP contribution in [-0.4, -0.2) is 4.98 Å². The van der Waals surface area contributed by atoms with Gasteiger partial charge in [0.05, 0.1) is 5.69 Å². The van der Waals surface area contributed by atoms with Gasteiger partial charge in [-0.25, -0.2) is 0 Å². The number of aromatic nitrogens is 1. The maximum Gasteiger partial charge on any atom is 0.0546 e. The molecular formula is C9H9ClN2. The topological polar surface area (TPSA) is 38.9 Å². The van der Waals surface area contributed by atoms with Crippen molar-refractivity contribution in [1.82, 2.24) is 4.98 Å². The van der Waals surface area contributed by atoms with Crippen molar-refractivity contribution >= 4 is 16.6 Å². The smallest absolute Gasteiger partial charge is 0.0546 e. The summed E-state index contributed by atoms with van der Waals surface area (Å²) in [6.45, 7) is 0.470. The van der Waals surface area contributed by atoms with Crippen molar-refractivity contribution in [1.29, 1.82) is 0 Å². The molecule has 0 fully saturated rings. The van der Waals surface area contributed by atoms with Crippen LogP contribution >= 0.6 is 11.6 Å². The van der Waals surface area contributed by atoms with Crippen LogP contribution in [0, 0.1) is 0 Å². The second-order valence-electron chi connectivity index (χ2n) is 2.79. The van der Waals surface area contributed by atoms with Crippen molar-refractivity contribution in [3.63, 3.8) is 0 Å². The van der Waals surface area contributed by atoms with Crippen molar-refractivity contribution in [3.05, 3.63) is 35.2 Å². The molecule has 2 N–H and O–H groups in total. The standard InChI is InChI=1S/C9H9ClN2/c10-9-2-1-6-5-12-7(4-11)3-8(6)9/h2-3,5H,1,4,11H2. The molecule has 2 nitrogen and oxygen atoms in total. The first kappa shape index (κ1) is 7.77. The van der Waals surface area contributed by atoms with E-state index in [0.717, 1.165) is 22.7 Å². The predicted molar refractivity (Wildman–Crippen MR) is 49.7 cm³/mol. The number of rotatable bonds is 1. The Balaban J connectivity index is 2.50. The van der Waals surface area contributed by atoms with E-state index in [-0.39, 0.29) is 0 Å². The van der Waals surface area contributed by atoms with Crippen LogP contribution in [0.25, 0.3) is 5.03 Å². The molecule has 0 saturated carbocycles. The molecule has 0 bridgehead atoms. The minimum absolute atomic E-state index is 0.470. The van der Waals surface area contributed by atoms with E-state index in [9.17, 15) is 0 Å². The Hall–Kier alpha value is -0.860. The highest BCUT2D eigenvalue weighted by atomic mass is 35.5. The largest absolute Gasteiger partial charge is 0.325 e. The van der Waals surface area contributed by atoms with E-state index >= 15 is 0 Å². The van der Waals surface area contributed by atoms with Gasteiger partial charge in [0.1, 0.15) is 0 Å². The molecule has 0 atom stereocenters. The molecule has 0 amide bonds. The third-order valence-corrected chi connectivity index (χ3v) is 2.37. The van der Waals surface area contributed by atoms with Gasteiger partial charge >= 0.3 is 0 Å². The molecule has 0 radical (unpaired) electrons. The zero-order chi connectivity index (χ0) is 8.55. The van der Waals surface area contributed by atoms with Gasteiger partial charge in [-0.3, -0.25) is 4.98 Å². The summed E-state index contributed by atoms with van der Waals surface area (Å²) in [5, 5.41) is 0.821. The number of nitrogens with zero attached hydrogens (tertiary/aromatic N) is 1. The zero-order valence-electron chi connectivity index (χ0n) is 6.55. The maximum absolute atomic E-state index is 5.96. The van der Waals surface area contributed by atoms with Crippen LogP contribution in [0.5, 0.6) is 0 Å². The van der Waals surface area contributed by atoms with Gasteiger partial charge < -0.3 is 5.73 Å². The second-order valence-corrected chi connectivity index (χ2v) is 3.20. The van der Waals surface area contributed by atoms with Crippen molar-refractivity contribution in [2.24, 2.45) is 5.73 Å². The molecule has 62 valence electrons. The van der Waals surface area contributed by atoms with Crippen molar-refractivity contribution < 1.29 is 0 Å². The lowest BCUT2D eigenvalue weighted by atomic mass is 10.1. The van der Waals surface area contributed by atoms with Crippen LogP contribution in [0.2, 0.25) is 0 Å². The number of hydrogen-bond acceptors (Lipinski definition) is 2. The van der Waals surface area contributed by atoms with Crippen LogP contribution in [0.3, 0.4) is 0 Å².